The van der Waals surface area contributed by atoms with Crippen molar-refractivity contribution in [2.24, 2.45) is 11.8 Å². The van der Waals surface area contributed by atoms with E-state index >= 15 is 0 Å². The van der Waals surface area contributed by atoms with E-state index in [1.54, 1.807) is 18.2 Å². The zero-order chi connectivity index (χ0) is 19.4. The SMILES string of the molecule is C[C@@H]1C[C@H](C)CN(C(=O)[C@@H](C)[NH+](C)CC(=O)Nc2c(Cl)cccc2Cl)C1. The molecule has 144 valence electrons. The van der Waals surface area contributed by atoms with Crippen LogP contribution in [0.1, 0.15) is 27.2 Å². The summed E-state index contributed by atoms with van der Waals surface area (Å²) in [6.07, 6.45) is 1.15. The highest BCUT2D eigenvalue weighted by molar-refractivity contribution is 6.39. The van der Waals surface area contributed by atoms with Crippen molar-refractivity contribution in [3.8, 4) is 0 Å². The molecule has 0 radical (unpaired) electrons. The van der Waals surface area contributed by atoms with E-state index in [9.17, 15) is 9.59 Å². The monoisotopic (exact) mass is 400 g/mol. The lowest BCUT2D eigenvalue weighted by atomic mass is 9.91. The minimum absolute atomic E-state index is 0.101. The smallest absolute Gasteiger partial charge is 0.280 e. The van der Waals surface area contributed by atoms with Gasteiger partial charge in [-0.3, -0.25) is 9.59 Å². The number of para-hydroxylation sites is 1. The molecule has 1 heterocycles. The zero-order valence-electron chi connectivity index (χ0n) is 15.8. The fraction of sp³-hybridized carbons (Fsp3) is 0.579. The molecule has 2 rings (SSSR count). The molecule has 0 aromatic heterocycles. The summed E-state index contributed by atoms with van der Waals surface area (Å²) in [6.45, 7) is 7.98. The maximum Gasteiger partial charge on any atom is 0.280 e. The van der Waals surface area contributed by atoms with Gasteiger partial charge in [-0.15, -0.1) is 0 Å². The van der Waals surface area contributed by atoms with Gasteiger partial charge in [0.1, 0.15) is 0 Å². The quantitative estimate of drug-likeness (QED) is 0.796. The highest BCUT2D eigenvalue weighted by Crippen LogP contribution is 2.29. The summed E-state index contributed by atoms with van der Waals surface area (Å²) in [7, 11) is 1.85. The van der Waals surface area contributed by atoms with Gasteiger partial charge in [0.25, 0.3) is 11.8 Å². The minimum Gasteiger partial charge on any atom is -0.337 e. The van der Waals surface area contributed by atoms with Crippen molar-refractivity contribution in [2.75, 3.05) is 32.0 Å². The average molecular weight is 401 g/mol. The van der Waals surface area contributed by atoms with Crippen molar-refractivity contribution in [1.82, 2.24) is 4.90 Å². The van der Waals surface area contributed by atoms with Crippen LogP contribution in [-0.2, 0) is 9.59 Å². The van der Waals surface area contributed by atoms with Crippen molar-refractivity contribution in [3.63, 3.8) is 0 Å². The number of rotatable bonds is 5. The van der Waals surface area contributed by atoms with Crippen LogP contribution in [0.25, 0.3) is 0 Å². The van der Waals surface area contributed by atoms with Gasteiger partial charge >= 0.3 is 0 Å². The molecule has 1 aromatic carbocycles. The summed E-state index contributed by atoms with van der Waals surface area (Å²) < 4.78 is 0. The number of benzene rings is 1. The van der Waals surface area contributed by atoms with Crippen LogP contribution in [0.15, 0.2) is 18.2 Å². The number of nitrogens with zero attached hydrogens (tertiary/aromatic N) is 1. The number of quaternary nitrogens is 1. The Morgan fingerprint density at radius 1 is 1.23 bits per heavy atom. The first-order valence-corrected chi connectivity index (χ1v) is 9.79. The highest BCUT2D eigenvalue weighted by Gasteiger charge is 2.32. The van der Waals surface area contributed by atoms with Crippen molar-refractivity contribution < 1.29 is 14.5 Å². The molecule has 5 nitrogen and oxygen atoms in total. The number of hydrogen-bond acceptors (Lipinski definition) is 2. The molecule has 1 saturated heterocycles. The number of anilines is 1. The van der Waals surface area contributed by atoms with Crippen LogP contribution in [0, 0.1) is 11.8 Å². The fourth-order valence-corrected chi connectivity index (χ4v) is 4.03. The molecule has 26 heavy (non-hydrogen) atoms. The predicted octanol–water partition coefficient (Wildman–Crippen LogP) is 2.34. The van der Waals surface area contributed by atoms with Crippen LogP contribution >= 0.6 is 23.2 Å². The maximum absolute atomic E-state index is 12.8. The average Bonchev–Trinajstić information content (AvgIpc) is 2.56. The van der Waals surface area contributed by atoms with Crippen molar-refractivity contribution >= 4 is 40.7 Å². The van der Waals surface area contributed by atoms with E-state index in [1.165, 1.54) is 0 Å². The van der Waals surface area contributed by atoms with Gasteiger partial charge in [-0.2, -0.15) is 0 Å². The summed E-state index contributed by atoms with van der Waals surface area (Å²) in [5, 5.41) is 3.53. The number of carbonyl (C=O) groups is 2. The molecule has 0 saturated carbocycles. The number of amides is 2. The number of halogens is 2. The van der Waals surface area contributed by atoms with Gasteiger partial charge < -0.3 is 15.1 Å². The first-order valence-electron chi connectivity index (χ1n) is 9.04. The molecule has 4 atom stereocenters. The highest BCUT2D eigenvalue weighted by atomic mass is 35.5. The molecule has 1 aliphatic heterocycles. The second kappa shape index (κ2) is 9.07. The van der Waals surface area contributed by atoms with E-state index in [1.807, 2.05) is 18.9 Å². The minimum atomic E-state index is -0.292. The zero-order valence-corrected chi connectivity index (χ0v) is 17.3. The van der Waals surface area contributed by atoms with Gasteiger partial charge in [-0.1, -0.05) is 43.1 Å². The standard InChI is InChI=1S/C19H27Cl2N3O2/c1-12-8-13(2)10-24(9-12)19(26)14(3)23(4)11-17(25)22-18-15(20)6-5-7-16(18)21/h5-7,12-14H,8-11H2,1-4H3,(H,22,25)/p+1/t12-,13+,14-/m1/s1. The van der Waals surface area contributed by atoms with Gasteiger partial charge in [0, 0.05) is 13.1 Å². The molecular formula is C19H28Cl2N3O2+. The summed E-state index contributed by atoms with van der Waals surface area (Å²) in [4.78, 5) is 27.9. The van der Waals surface area contributed by atoms with E-state index < -0.39 is 0 Å². The van der Waals surface area contributed by atoms with Crippen molar-refractivity contribution in [1.29, 1.82) is 0 Å². The Hall–Kier alpha value is -1.30. The first kappa shape index (κ1) is 21.0. The number of likely N-dealkylation sites (N-methyl/N-ethyl adjacent to an activating group) is 1. The molecule has 1 unspecified atom stereocenters. The van der Waals surface area contributed by atoms with Gasteiger partial charge in [0.05, 0.1) is 22.8 Å². The van der Waals surface area contributed by atoms with Crippen molar-refractivity contribution in [2.45, 2.75) is 33.2 Å². The molecule has 1 aromatic rings. The Morgan fingerprint density at radius 2 is 1.77 bits per heavy atom. The largest absolute Gasteiger partial charge is 0.337 e. The van der Waals surface area contributed by atoms with Gasteiger partial charge in [0.15, 0.2) is 12.6 Å². The summed E-state index contributed by atoms with van der Waals surface area (Å²) >= 11 is 12.2. The number of nitrogens with one attached hydrogen (secondary N) is 2. The first-order chi connectivity index (χ1) is 12.2. The third-order valence-electron chi connectivity index (χ3n) is 4.96. The molecule has 0 aliphatic carbocycles. The van der Waals surface area contributed by atoms with E-state index in [2.05, 4.69) is 19.2 Å². The number of carbonyl (C=O) groups excluding carboxylic acids is 2. The van der Waals surface area contributed by atoms with Crippen molar-refractivity contribution in [3.05, 3.63) is 28.2 Å². The lowest BCUT2D eigenvalue weighted by Gasteiger charge is -2.36. The molecule has 0 bridgehead atoms. The molecular weight excluding hydrogens is 373 g/mol. The Labute approximate surface area is 165 Å². The molecule has 2 amide bonds. The summed E-state index contributed by atoms with van der Waals surface area (Å²) in [6, 6.07) is 4.77. The Morgan fingerprint density at radius 3 is 2.31 bits per heavy atom. The van der Waals surface area contributed by atoms with Crippen LogP contribution in [0.5, 0.6) is 0 Å². The fourth-order valence-electron chi connectivity index (χ4n) is 3.53. The number of piperidine rings is 1. The third kappa shape index (κ3) is 5.35. The van der Waals surface area contributed by atoms with Crippen LogP contribution < -0.4 is 10.2 Å². The Kier molecular flexibility index (Phi) is 7.33. The lowest BCUT2D eigenvalue weighted by molar-refractivity contribution is -0.886. The van der Waals surface area contributed by atoms with Crippen LogP contribution in [-0.4, -0.2) is 49.4 Å². The Balaban J connectivity index is 1.94. The number of likely N-dealkylation sites (tertiary alicyclic amines) is 1. The van der Waals surface area contributed by atoms with E-state index in [0.717, 1.165) is 24.4 Å². The number of hydrogen-bond donors (Lipinski definition) is 2. The lowest BCUT2D eigenvalue weighted by Crippen LogP contribution is -3.15. The second-order valence-corrected chi connectivity index (χ2v) is 8.39. The van der Waals surface area contributed by atoms with Gasteiger partial charge in [-0.25, -0.2) is 0 Å². The van der Waals surface area contributed by atoms with Crippen LogP contribution in [0.3, 0.4) is 0 Å². The molecule has 2 N–H and O–H groups in total. The molecule has 0 spiro atoms. The van der Waals surface area contributed by atoms with E-state index in [4.69, 9.17) is 23.2 Å². The van der Waals surface area contributed by atoms with E-state index in [0.29, 0.717) is 27.6 Å². The molecule has 7 heteroatoms. The van der Waals surface area contributed by atoms with Gasteiger partial charge in [-0.05, 0) is 37.3 Å². The normalized spacial score (nSPS) is 22.6. The maximum atomic E-state index is 12.8. The molecule has 1 fully saturated rings. The Bertz CT molecular complexity index is 638. The van der Waals surface area contributed by atoms with E-state index in [-0.39, 0.29) is 24.4 Å². The second-order valence-electron chi connectivity index (χ2n) is 7.58. The molecule has 1 aliphatic rings. The van der Waals surface area contributed by atoms with Crippen LogP contribution in [0.2, 0.25) is 10.0 Å². The third-order valence-corrected chi connectivity index (χ3v) is 5.59. The van der Waals surface area contributed by atoms with Gasteiger partial charge in [0.2, 0.25) is 0 Å². The van der Waals surface area contributed by atoms with Crippen LogP contribution in [0.4, 0.5) is 5.69 Å². The summed E-state index contributed by atoms with van der Waals surface area (Å²) in [5.74, 6) is 0.906. The summed E-state index contributed by atoms with van der Waals surface area (Å²) in [5.41, 5.74) is 0.409. The predicted molar refractivity (Wildman–Crippen MR) is 106 cm³/mol. The topological polar surface area (TPSA) is 53.9 Å².